The molecule has 4 rings (SSSR count). The second-order valence-electron chi connectivity index (χ2n) is 6.29. The van der Waals surface area contributed by atoms with Gasteiger partial charge in [-0.1, -0.05) is 11.3 Å². The summed E-state index contributed by atoms with van der Waals surface area (Å²) in [5.74, 6) is 0. The minimum atomic E-state index is -3.97. The van der Waals surface area contributed by atoms with Gasteiger partial charge in [0.15, 0.2) is 0 Å². The topological polar surface area (TPSA) is 134 Å². The van der Waals surface area contributed by atoms with Crippen LogP contribution in [-0.4, -0.2) is 23.0 Å². The van der Waals surface area contributed by atoms with Crippen LogP contribution in [0.3, 0.4) is 0 Å². The Morgan fingerprint density at radius 3 is 2.32 bits per heavy atom. The number of fused-ring (bicyclic) bond motifs is 2. The lowest BCUT2D eigenvalue weighted by Crippen LogP contribution is -2.29. The van der Waals surface area contributed by atoms with E-state index in [1.165, 1.54) is 16.7 Å². The molecule has 0 atom stereocenters. The van der Waals surface area contributed by atoms with Crippen molar-refractivity contribution in [3.63, 3.8) is 0 Å². The predicted molar refractivity (Wildman–Crippen MR) is 108 cm³/mol. The molecular formula is C17H14N4O5S2. The first kappa shape index (κ1) is 18.2. The standard InChI is InChI=1S/C17H14N4O5S2/c1-8-5-10-11(19-16(23)15(22)18-10)7-14(8)28(25,26)20-9-3-4-12-13(6-9)27-17(24)21(12)2/h3-7,20H,1-2H3,(H,18,22)(H,19,23). The number of nitrogens with zero attached hydrogens (tertiary/aromatic N) is 1. The fourth-order valence-electron chi connectivity index (χ4n) is 2.95. The second-order valence-corrected chi connectivity index (χ2v) is 8.93. The number of aromatic amines is 2. The molecule has 0 aliphatic carbocycles. The first-order chi connectivity index (χ1) is 13.2. The van der Waals surface area contributed by atoms with Gasteiger partial charge in [0.25, 0.3) is 10.0 Å². The van der Waals surface area contributed by atoms with E-state index in [1.54, 1.807) is 32.2 Å². The smallest absolute Gasteiger partial charge is 0.314 e. The SMILES string of the molecule is Cc1cc2[nH]c(=O)c(=O)[nH]c2cc1S(=O)(=O)Nc1ccc2c(c1)sc(=O)n2C. The fourth-order valence-corrected chi connectivity index (χ4v) is 5.17. The Morgan fingerprint density at radius 2 is 1.64 bits per heavy atom. The van der Waals surface area contributed by atoms with Crippen LogP contribution in [-0.2, 0) is 17.1 Å². The molecule has 0 fully saturated rings. The molecule has 0 amide bonds. The highest BCUT2D eigenvalue weighted by molar-refractivity contribution is 7.92. The van der Waals surface area contributed by atoms with Crippen molar-refractivity contribution >= 4 is 48.3 Å². The Hall–Kier alpha value is -3.18. The quantitative estimate of drug-likeness (QED) is 0.430. The van der Waals surface area contributed by atoms with E-state index in [0.717, 1.165) is 11.3 Å². The normalized spacial score (nSPS) is 11.9. The lowest BCUT2D eigenvalue weighted by atomic mass is 10.2. The Kier molecular flexibility index (Phi) is 4.01. The Balaban J connectivity index is 1.81. The van der Waals surface area contributed by atoms with Crippen LogP contribution < -0.4 is 20.7 Å². The minimum Gasteiger partial charge on any atom is -0.316 e. The van der Waals surface area contributed by atoms with Crippen LogP contribution in [0.2, 0.25) is 0 Å². The Bertz CT molecular complexity index is 1540. The minimum absolute atomic E-state index is 0.0379. The average Bonchev–Trinajstić information content (AvgIpc) is 2.89. The molecule has 0 aliphatic heterocycles. The third-order valence-corrected chi connectivity index (χ3v) is 6.87. The Morgan fingerprint density at radius 1 is 1.00 bits per heavy atom. The van der Waals surface area contributed by atoms with Gasteiger partial charge in [-0.05, 0) is 42.8 Å². The molecule has 3 N–H and O–H groups in total. The number of aryl methyl sites for hydroxylation is 2. The van der Waals surface area contributed by atoms with Crippen molar-refractivity contribution in [3.8, 4) is 0 Å². The van der Waals surface area contributed by atoms with Gasteiger partial charge >= 0.3 is 16.0 Å². The molecule has 28 heavy (non-hydrogen) atoms. The second kappa shape index (κ2) is 6.17. The van der Waals surface area contributed by atoms with E-state index in [1.807, 2.05) is 0 Å². The van der Waals surface area contributed by atoms with Gasteiger partial charge in [0.2, 0.25) is 0 Å². The predicted octanol–water partition coefficient (Wildman–Crippen LogP) is 1.24. The zero-order chi connectivity index (χ0) is 20.2. The van der Waals surface area contributed by atoms with Crippen molar-refractivity contribution in [1.29, 1.82) is 0 Å². The highest BCUT2D eigenvalue weighted by Gasteiger charge is 2.19. The summed E-state index contributed by atoms with van der Waals surface area (Å²) in [5.41, 5.74) is 0.273. The van der Waals surface area contributed by atoms with Crippen molar-refractivity contribution in [1.82, 2.24) is 14.5 Å². The third-order valence-electron chi connectivity index (χ3n) is 4.35. The van der Waals surface area contributed by atoms with E-state index < -0.39 is 21.1 Å². The monoisotopic (exact) mass is 418 g/mol. The summed E-state index contributed by atoms with van der Waals surface area (Å²) in [6.45, 7) is 1.59. The number of thiazole rings is 1. The van der Waals surface area contributed by atoms with Crippen LogP contribution in [0.1, 0.15) is 5.56 Å². The van der Waals surface area contributed by atoms with Gasteiger partial charge in [-0.2, -0.15) is 0 Å². The van der Waals surface area contributed by atoms with Crippen LogP contribution >= 0.6 is 11.3 Å². The molecule has 0 saturated heterocycles. The lowest BCUT2D eigenvalue weighted by Gasteiger charge is -2.11. The van der Waals surface area contributed by atoms with E-state index in [4.69, 9.17) is 0 Å². The van der Waals surface area contributed by atoms with E-state index in [2.05, 4.69) is 14.7 Å². The van der Waals surface area contributed by atoms with Crippen molar-refractivity contribution < 1.29 is 8.42 Å². The van der Waals surface area contributed by atoms with Crippen LogP contribution in [0, 0.1) is 6.92 Å². The molecule has 2 aromatic heterocycles. The number of rotatable bonds is 3. The summed E-state index contributed by atoms with van der Waals surface area (Å²) in [7, 11) is -2.33. The summed E-state index contributed by atoms with van der Waals surface area (Å²) < 4.78 is 30.4. The maximum Gasteiger partial charge on any atom is 0.314 e. The molecule has 11 heteroatoms. The number of nitrogens with one attached hydrogen (secondary N) is 3. The van der Waals surface area contributed by atoms with Crippen LogP contribution in [0.25, 0.3) is 21.3 Å². The molecule has 0 radical (unpaired) electrons. The number of sulfonamides is 1. The maximum absolute atomic E-state index is 12.9. The third kappa shape index (κ3) is 2.94. The molecular weight excluding hydrogens is 404 g/mol. The highest BCUT2D eigenvalue weighted by atomic mass is 32.2. The van der Waals surface area contributed by atoms with Crippen molar-refractivity contribution in [2.24, 2.45) is 7.05 Å². The molecule has 0 saturated carbocycles. The van der Waals surface area contributed by atoms with E-state index >= 15 is 0 Å². The molecule has 0 bridgehead atoms. The molecule has 2 heterocycles. The van der Waals surface area contributed by atoms with E-state index in [-0.39, 0.29) is 15.3 Å². The summed E-state index contributed by atoms with van der Waals surface area (Å²) in [5, 5.41) is 0. The van der Waals surface area contributed by atoms with Gasteiger partial charge < -0.3 is 14.5 Å². The van der Waals surface area contributed by atoms with Crippen LogP contribution in [0.4, 0.5) is 5.69 Å². The summed E-state index contributed by atoms with van der Waals surface area (Å²) >= 11 is 1.02. The van der Waals surface area contributed by atoms with Gasteiger partial charge in [-0.3, -0.25) is 19.1 Å². The van der Waals surface area contributed by atoms with Crippen LogP contribution in [0.15, 0.2) is 49.6 Å². The number of aromatic nitrogens is 3. The zero-order valence-electron chi connectivity index (χ0n) is 14.7. The number of anilines is 1. The molecule has 0 unspecified atom stereocenters. The van der Waals surface area contributed by atoms with Crippen molar-refractivity contribution in [2.75, 3.05) is 4.72 Å². The van der Waals surface area contributed by atoms with Gasteiger partial charge in [0, 0.05) is 7.05 Å². The summed E-state index contributed by atoms with van der Waals surface area (Å²) in [4.78, 5) is 39.3. The largest absolute Gasteiger partial charge is 0.316 e. The number of hydrogen-bond donors (Lipinski definition) is 3. The van der Waals surface area contributed by atoms with Gasteiger partial charge in [0.05, 0.1) is 31.8 Å². The van der Waals surface area contributed by atoms with Crippen molar-refractivity contribution in [2.45, 2.75) is 11.8 Å². The summed E-state index contributed by atoms with van der Waals surface area (Å²) in [6, 6.07) is 7.61. The molecule has 0 aliphatic rings. The van der Waals surface area contributed by atoms with E-state index in [0.29, 0.717) is 27.0 Å². The first-order valence-electron chi connectivity index (χ1n) is 8.05. The average molecular weight is 418 g/mol. The van der Waals surface area contributed by atoms with Gasteiger partial charge in [-0.25, -0.2) is 8.42 Å². The molecule has 144 valence electrons. The first-order valence-corrected chi connectivity index (χ1v) is 10.3. The molecule has 4 aromatic rings. The number of H-pyrrole nitrogens is 2. The number of benzene rings is 2. The van der Waals surface area contributed by atoms with E-state index in [9.17, 15) is 22.8 Å². The molecule has 2 aromatic carbocycles. The lowest BCUT2D eigenvalue weighted by molar-refractivity contribution is 0.600. The fraction of sp³-hybridized carbons (Fsp3) is 0.118. The van der Waals surface area contributed by atoms with Crippen LogP contribution in [0.5, 0.6) is 0 Å². The van der Waals surface area contributed by atoms with Gasteiger partial charge in [0.1, 0.15) is 0 Å². The van der Waals surface area contributed by atoms with Crippen molar-refractivity contribution in [3.05, 3.63) is 66.3 Å². The highest BCUT2D eigenvalue weighted by Crippen LogP contribution is 2.25. The molecule has 0 spiro atoms. The zero-order valence-corrected chi connectivity index (χ0v) is 16.3. The molecule has 9 nitrogen and oxygen atoms in total. The number of hydrogen-bond acceptors (Lipinski definition) is 6. The Labute approximate surface area is 161 Å². The summed E-state index contributed by atoms with van der Waals surface area (Å²) in [6.07, 6.45) is 0. The van der Waals surface area contributed by atoms with Gasteiger partial charge in [-0.15, -0.1) is 0 Å². The maximum atomic E-state index is 12.9.